The fraction of sp³-hybridized carbons (Fsp3) is 0.292. The summed E-state index contributed by atoms with van der Waals surface area (Å²) in [5.74, 6) is 0.00130. The Labute approximate surface area is 175 Å². The van der Waals surface area contributed by atoms with Crippen molar-refractivity contribution in [1.82, 2.24) is 25.3 Å². The number of fused-ring (bicyclic) bond motifs is 2. The quantitative estimate of drug-likeness (QED) is 0.542. The van der Waals surface area contributed by atoms with Crippen molar-refractivity contribution in [2.24, 2.45) is 0 Å². The largest absolute Gasteiger partial charge is 0.349 e. The van der Waals surface area contributed by atoms with E-state index in [-0.39, 0.29) is 18.4 Å². The number of nitrogens with zero attached hydrogens (tertiary/aromatic N) is 3. The fourth-order valence-corrected chi connectivity index (χ4v) is 4.56. The maximum absolute atomic E-state index is 12.8. The van der Waals surface area contributed by atoms with Crippen molar-refractivity contribution in [2.45, 2.75) is 45.6 Å². The van der Waals surface area contributed by atoms with Gasteiger partial charge in [-0.25, -0.2) is 4.68 Å². The molecule has 2 N–H and O–H groups in total. The van der Waals surface area contributed by atoms with Crippen LogP contribution in [-0.2, 0) is 17.6 Å². The molecule has 0 bridgehead atoms. The summed E-state index contributed by atoms with van der Waals surface area (Å²) in [6, 6.07) is 14.3. The summed E-state index contributed by atoms with van der Waals surface area (Å²) in [7, 11) is 0. The molecule has 4 aromatic rings. The maximum Gasteiger partial charge on any atom is 0.226 e. The number of aryl methyl sites for hydroxylation is 2. The molecule has 2 aromatic heterocycles. The van der Waals surface area contributed by atoms with Crippen LogP contribution >= 0.6 is 0 Å². The Morgan fingerprint density at radius 3 is 2.83 bits per heavy atom. The van der Waals surface area contributed by atoms with Crippen LogP contribution in [0.1, 0.15) is 47.0 Å². The molecule has 0 saturated heterocycles. The van der Waals surface area contributed by atoms with Crippen LogP contribution in [0.25, 0.3) is 16.6 Å². The van der Waals surface area contributed by atoms with E-state index in [1.54, 1.807) is 0 Å². The number of nitrogens with one attached hydrogen (secondary N) is 2. The number of hydrogen-bond donors (Lipinski definition) is 2. The number of rotatable bonds is 4. The van der Waals surface area contributed by atoms with E-state index in [1.165, 1.54) is 16.8 Å². The van der Waals surface area contributed by atoms with E-state index < -0.39 is 0 Å². The Kier molecular flexibility index (Phi) is 4.62. The first-order chi connectivity index (χ1) is 14.6. The summed E-state index contributed by atoms with van der Waals surface area (Å²) < 4.78 is 2.04. The van der Waals surface area contributed by atoms with Crippen molar-refractivity contribution in [1.29, 1.82) is 0 Å². The van der Waals surface area contributed by atoms with Crippen molar-refractivity contribution in [3.63, 3.8) is 0 Å². The lowest BCUT2D eigenvalue weighted by Gasteiger charge is -2.24. The van der Waals surface area contributed by atoms with E-state index in [2.05, 4.69) is 52.7 Å². The van der Waals surface area contributed by atoms with Gasteiger partial charge in [-0.2, -0.15) is 10.2 Å². The minimum atomic E-state index is -0.00454. The van der Waals surface area contributed by atoms with Gasteiger partial charge < -0.3 is 5.32 Å². The Hall–Kier alpha value is -3.41. The van der Waals surface area contributed by atoms with Gasteiger partial charge in [-0.1, -0.05) is 24.3 Å². The minimum Gasteiger partial charge on any atom is -0.349 e. The molecule has 0 radical (unpaired) electrons. The van der Waals surface area contributed by atoms with Crippen LogP contribution < -0.4 is 5.32 Å². The Morgan fingerprint density at radius 2 is 2.00 bits per heavy atom. The molecule has 6 nitrogen and oxygen atoms in total. The van der Waals surface area contributed by atoms with Gasteiger partial charge in [0.2, 0.25) is 5.91 Å². The molecule has 30 heavy (non-hydrogen) atoms. The lowest BCUT2D eigenvalue weighted by Crippen LogP contribution is -2.32. The van der Waals surface area contributed by atoms with Crippen molar-refractivity contribution in [3.8, 4) is 5.69 Å². The Bertz CT molecular complexity index is 1220. The summed E-state index contributed by atoms with van der Waals surface area (Å²) in [6.45, 7) is 4.21. The van der Waals surface area contributed by atoms with E-state index >= 15 is 0 Å². The van der Waals surface area contributed by atoms with Gasteiger partial charge in [0, 0.05) is 16.6 Å². The number of benzene rings is 2. The summed E-state index contributed by atoms with van der Waals surface area (Å²) in [5.41, 5.74) is 7.60. The van der Waals surface area contributed by atoms with Crippen LogP contribution in [0.4, 0.5) is 0 Å². The summed E-state index contributed by atoms with van der Waals surface area (Å²) in [4.78, 5) is 12.8. The zero-order valence-corrected chi connectivity index (χ0v) is 17.3. The van der Waals surface area contributed by atoms with Gasteiger partial charge in [-0.05, 0) is 62.4 Å². The smallest absolute Gasteiger partial charge is 0.226 e. The molecule has 0 saturated carbocycles. The molecule has 0 spiro atoms. The number of aromatic nitrogens is 4. The van der Waals surface area contributed by atoms with Crippen molar-refractivity contribution < 1.29 is 4.79 Å². The van der Waals surface area contributed by atoms with Crippen LogP contribution in [-0.4, -0.2) is 25.9 Å². The number of aromatic amines is 1. The van der Waals surface area contributed by atoms with E-state index in [0.29, 0.717) is 0 Å². The monoisotopic (exact) mass is 399 g/mol. The molecule has 152 valence electrons. The average Bonchev–Trinajstić information content (AvgIpc) is 3.32. The molecule has 2 heterocycles. The van der Waals surface area contributed by atoms with E-state index in [9.17, 15) is 4.79 Å². The SMILES string of the molecule is Cc1cc(C)cc(-n2ncc3c2CCCC3NC(=O)Cc2[nH]nc3ccccc23)c1. The molecule has 1 aliphatic rings. The Morgan fingerprint density at radius 1 is 1.20 bits per heavy atom. The lowest BCUT2D eigenvalue weighted by molar-refractivity contribution is -0.121. The molecule has 6 heteroatoms. The highest BCUT2D eigenvalue weighted by Gasteiger charge is 2.26. The number of para-hydroxylation sites is 1. The average molecular weight is 399 g/mol. The molecule has 0 fully saturated rings. The molecule has 0 aliphatic heterocycles. The van der Waals surface area contributed by atoms with Gasteiger partial charge in [-0.15, -0.1) is 0 Å². The third-order valence-electron chi connectivity index (χ3n) is 5.85. The van der Waals surface area contributed by atoms with Crippen LogP contribution in [0.2, 0.25) is 0 Å². The second-order valence-electron chi connectivity index (χ2n) is 8.21. The van der Waals surface area contributed by atoms with Crippen molar-refractivity contribution >= 4 is 16.8 Å². The zero-order valence-electron chi connectivity index (χ0n) is 17.3. The molecule has 1 aliphatic carbocycles. The van der Waals surface area contributed by atoms with Gasteiger partial charge in [-0.3, -0.25) is 9.89 Å². The second kappa shape index (κ2) is 7.44. The first-order valence-corrected chi connectivity index (χ1v) is 10.5. The Balaban J connectivity index is 1.37. The number of carbonyl (C=O) groups is 1. The molecule has 2 aromatic carbocycles. The highest BCUT2D eigenvalue weighted by atomic mass is 16.1. The van der Waals surface area contributed by atoms with Gasteiger partial charge >= 0.3 is 0 Å². The lowest BCUT2D eigenvalue weighted by atomic mass is 9.92. The predicted octanol–water partition coefficient (Wildman–Crippen LogP) is 4.10. The molecule has 5 rings (SSSR count). The van der Waals surface area contributed by atoms with Gasteiger partial charge in [0.05, 0.1) is 35.6 Å². The highest BCUT2D eigenvalue weighted by Crippen LogP contribution is 2.31. The number of hydrogen-bond acceptors (Lipinski definition) is 3. The summed E-state index contributed by atoms with van der Waals surface area (Å²) >= 11 is 0. The topological polar surface area (TPSA) is 75.6 Å². The predicted molar refractivity (Wildman–Crippen MR) is 117 cm³/mol. The van der Waals surface area contributed by atoms with Gasteiger partial charge in [0.1, 0.15) is 0 Å². The van der Waals surface area contributed by atoms with Gasteiger partial charge in [0.15, 0.2) is 0 Å². The zero-order chi connectivity index (χ0) is 20.7. The third-order valence-corrected chi connectivity index (χ3v) is 5.85. The van der Waals surface area contributed by atoms with Crippen molar-refractivity contribution in [3.05, 3.63) is 76.7 Å². The summed E-state index contributed by atoms with van der Waals surface area (Å²) in [5, 5.41) is 16.2. The van der Waals surface area contributed by atoms with Crippen LogP contribution in [0.5, 0.6) is 0 Å². The molecular formula is C24H25N5O. The highest BCUT2D eigenvalue weighted by molar-refractivity contribution is 5.87. The minimum absolute atomic E-state index is 0.00130. The summed E-state index contributed by atoms with van der Waals surface area (Å²) in [6.07, 6.45) is 5.14. The van der Waals surface area contributed by atoms with E-state index in [0.717, 1.165) is 47.1 Å². The van der Waals surface area contributed by atoms with Crippen LogP contribution in [0.3, 0.4) is 0 Å². The molecule has 1 unspecified atom stereocenters. The first-order valence-electron chi connectivity index (χ1n) is 10.5. The van der Waals surface area contributed by atoms with Crippen LogP contribution in [0, 0.1) is 13.8 Å². The first kappa shape index (κ1) is 18.6. The molecular weight excluding hydrogens is 374 g/mol. The fourth-order valence-electron chi connectivity index (χ4n) is 4.56. The maximum atomic E-state index is 12.8. The molecule has 1 amide bonds. The second-order valence-corrected chi connectivity index (χ2v) is 8.21. The number of amides is 1. The van der Waals surface area contributed by atoms with Crippen molar-refractivity contribution in [2.75, 3.05) is 0 Å². The number of H-pyrrole nitrogens is 1. The van der Waals surface area contributed by atoms with Gasteiger partial charge in [0.25, 0.3) is 0 Å². The van der Waals surface area contributed by atoms with E-state index in [4.69, 9.17) is 0 Å². The van der Waals surface area contributed by atoms with E-state index in [1.807, 2.05) is 35.1 Å². The molecule has 1 atom stereocenters. The number of carbonyl (C=O) groups excluding carboxylic acids is 1. The van der Waals surface area contributed by atoms with Crippen LogP contribution in [0.15, 0.2) is 48.7 Å². The third kappa shape index (κ3) is 3.38. The standard InChI is InChI=1S/C24H25N5O/c1-15-10-16(2)12-17(11-15)29-23-9-5-8-20(19(23)14-25-29)26-24(30)13-22-18-6-3-4-7-21(18)27-28-22/h3-4,6-7,10-12,14,20H,5,8-9,13H2,1-2H3,(H,26,30)(H,27,28). The normalized spacial score (nSPS) is 15.9.